The van der Waals surface area contributed by atoms with Crippen LogP contribution in [-0.2, 0) is 0 Å². The van der Waals surface area contributed by atoms with Crippen molar-refractivity contribution in [2.45, 2.75) is 77.8 Å². The molecule has 1 heterocycles. The van der Waals surface area contributed by atoms with Gasteiger partial charge in [-0.05, 0) is 57.0 Å². The molecule has 1 saturated heterocycles. The Morgan fingerprint density at radius 3 is 2.53 bits per heavy atom. The van der Waals surface area contributed by atoms with Gasteiger partial charge in [0.2, 0.25) is 0 Å². The predicted octanol–water partition coefficient (Wildman–Crippen LogP) is 3.67. The van der Waals surface area contributed by atoms with E-state index in [1.165, 1.54) is 64.6 Å². The number of hydrogen-bond acceptors (Lipinski definition) is 2. The summed E-state index contributed by atoms with van der Waals surface area (Å²) in [6.45, 7) is 11.0. The third-order valence-corrected chi connectivity index (χ3v) is 5.01. The van der Waals surface area contributed by atoms with Crippen molar-refractivity contribution in [3.8, 4) is 0 Å². The fourth-order valence-electron chi connectivity index (χ4n) is 3.58. The van der Waals surface area contributed by atoms with E-state index in [0.29, 0.717) is 0 Å². The van der Waals surface area contributed by atoms with Crippen molar-refractivity contribution in [2.75, 3.05) is 19.6 Å². The Morgan fingerprint density at radius 1 is 1.11 bits per heavy atom. The molecule has 0 bridgehead atoms. The molecule has 0 radical (unpaired) electrons. The molecule has 0 spiro atoms. The third-order valence-electron chi connectivity index (χ3n) is 5.01. The minimum absolute atomic E-state index is 0.751. The van der Waals surface area contributed by atoms with Gasteiger partial charge in [-0.15, -0.1) is 0 Å². The maximum Gasteiger partial charge on any atom is 0.0243 e. The fraction of sp³-hybridized carbons (Fsp3) is 1.00. The van der Waals surface area contributed by atoms with Gasteiger partial charge in [0.25, 0.3) is 0 Å². The summed E-state index contributed by atoms with van der Waals surface area (Å²) in [5.41, 5.74) is 0. The Morgan fingerprint density at radius 2 is 1.89 bits per heavy atom. The van der Waals surface area contributed by atoms with E-state index in [1.807, 2.05) is 0 Å². The van der Waals surface area contributed by atoms with Crippen molar-refractivity contribution in [1.29, 1.82) is 0 Å². The normalized spacial score (nSPS) is 27.5. The standard InChI is InChI=1S/C17H34N2/c1-4-6-15-7-5-11-19(12-10-15)17(14(2)3)13-18-16-8-9-16/h14-18H,4-13H2,1-3H3. The van der Waals surface area contributed by atoms with Crippen molar-refractivity contribution in [3.63, 3.8) is 0 Å². The summed E-state index contributed by atoms with van der Waals surface area (Å²) in [6.07, 6.45) is 9.93. The second-order valence-corrected chi connectivity index (χ2v) is 7.12. The number of nitrogens with zero attached hydrogens (tertiary/aromatic N) is 1. The molecule has 0 amide bonds. The predicted molar refractivity (Wildman–Crippen MR) is 83.5 cm³/mol. The summed E-state index contributed by atoms with van der Waals surface area (Å²) >= 11 is 0. The molecule has 0 aromatic heterocycles. The quantitative estimate of drug-likeness (QED) is 0.756. The van der Waals surface area contributed by atoms with Crippen LogP contribution in [0.5, 0.6) is 0 Å². The second kappa shape index (κ2) is 7.64. The second-order valence-electron chi connectivity index (χ2n) is 7.12. The third kappa shape index (κ3) is 5.07. The summed E-state index contributed by atoms with van der Waals surface area (Å²) in [7, 11) is 0. The number of rotatable bonds is 7. The van der Waals surface area contributed by atoms with Crippen LogP contribution in [0.1, 0.15) is 65.7 Å². The lowest BCUT2D eigenvalue weighted by Gasteiger charge is -2.34. The summed E-state index contributed by atoms with van der Waals surface area (Å²) < 4.78 is 0. The lowest BCUT2D eigenvalue weighted by molar-refractivity contribution is 0.154. The molecule has 0 aromatic rings. The molecule has 2 heteroatoms. The van der Waals surface area contributed by atoms with Crippen LogP contribution < -0.4 is 5.32 Å². The van der Waals surface area contributed by atoms with Gasteiger partial charge in [0.1, 0.15) is 0 Å². The highest BCUT2D eigenvalue weighted by Gasteiger charge is 2.27. The summed E-state index contributed by atoms with van der Waals surface area (Å²) in [4.78, 5) is 2.79. The first-order chi connectivity index (χ1) is 9.20. The van der Waals surface area contributed by atoms with Gasteiger partial charge in [-0.3, -0.25) is 4.90 Å². The van der Waals surface area contributed by atoms with Crippen molar-refractivity contribution < 1.29 is 0 Å². The first kappa shape index (κ1) is 15.3. The van der Waals surface area contributed by atoms with E-state index < -0.39 is 0 Å². The van der Waals surface area contributed by atoms with Crippen LogP contribution in [-0.4, -0.2) is 36.6 Å². The summed E-state index contributed by atoms with van der Waals surface area (Å²) in [5, 5.41) is 3.75. The highest BCUT2D eigenvalue weighted by atomic mass is 15.2. The molecule has 1 aliphatic heterocycles. The van der Waals surface area contributed by atoms with Gasteiger partial charge in [-0.2, -0.15) is 0 Å². The Hall–Kier alpha value is -0.0800. The SMILES string of the molecule is CCCC1CCCN(C(CNC2CC2)C(C)C)CC1. The zero-order chi connectivity index (χ0) is 13.7. The van der Waals surface area contributed by atoms with Gasteiger partial charge < -0.3 is 5.32 Å². The monoisotopic (exact) mass is 266 g/mol. The Balaban J connectivity index is 1.81. The molecule has 2 aliphatic rings. The van der Waals surface area contributed by atoms with Crippen LogP contribution in [0, 0.1) is 11.8 Å². The van der Waals surface area contributed by atoms with E-state index >= 15 is 0 Å². The first-order valence-electron chi connectivity index (χ1n) is 8.68. The zero-order valence-electron chi connectivity index (χ0n) is 13.3. The van der Waals surface area contributed by atoms with E-state index in [4.69, 9.17) is 0 Å². The fourth-order valence-corrected chi connectivity index (χ4v) is 3.58. The molecule has 2 atom stereocenters. The first-order valence-corrected chi connectivity index (χ1v) is 8.68. The molecule has 1 aliphatic carbocycles. The van der Waals surface area contributed by atoms with Crippen LogP contribution in [0.15, 0.2) is 0 Å². The van der Waals surface area contributed by atoms with Crippen molar-refractivity contribution in [2.24, 2.45) is 11.8 Å². The van der Waals surface area contributed by atoms with Crippen LogP contribution >= 0.6 is 0 Å². The lowest BCUT2D eigenvalue weighted by atomic mass is 9.96. The molecule has 0 aromatic carbocycles. The van der Waals surface area contributed by atoms with Crippen molar-refractivity contribution >= 4 is 0 Å². The van der Waals surface area contributed by atoms with Gasteiger partial charge in [0, 0.05) is 18.6 Å². The van der Waals surface area contributed by atoms with Gasteiger partial charge in [0.05, 0.1) is 0 Å². The average Bonchev–Trinajstić information content (AvgIpc) is 3.18. The number of hydrogen-bond donors (Lipinski definition) is 1. The van der Waals surface area contributed by atoms with Gasteiger partial charge in [0.15, 0.2) is 0 Å². The van der Waals surface area contributed by atoms with Crippen LogP contribution in [0.2, 0.25) is 0 Å². The van der Waals surface area contributed by atoms with Gasteiger partial charge in [-0.1, -0.05) is 33.6 Å². The molecule has 2 fully saturated rings. The lowest BCUT2D eigenvalue weighted by Crippen LogP contribution is -2.46. The molecule has 1 N–H and O–H groups in total. The van der Waals surface area contributed by atoms with Gasteiger partial charge >= 0.3 is 0 Å². The molecular weight excluding hydrogens is 232 g/mol. The smallest absolute Gasteiger partial charge is 0.0243 e. The summed E-state index contributed by atoms with van der Waals surface area (Å²) in [6, 6.07) is 1.60. The molecular formula is C17H34N2. The number of likely N-dealkylation sites (tertiary alicyclic amines) is 1. The van der Waals surface area contributed by atoms with Crippen LogP contribution in [0.25, 0.3) is 0 Å². The molecule has 2 rings (SSSR count). The van der Waals surface area contributed by atoms with E-state index in [1.54, 1.807) is 0 Å². The van der Waals surface area contributed by atoms with E-state index in [-0.39, 0.29) is 0 Å². The van der Waals surface area contributed by atoms with E-state index in [0.717, 1.165) is 23.9 Å². The van der Waals surface area contributed by atoms with Crippen molar-refractivity contribution in [3.05, 3.63) is 0 Å². The van der Waals surface area contributed by atoms with Gasteiger partial charge in [-0.25, -0.2) is 0 Å². The van der Waals surface area contributed by atoms with E-state index in [9.17, 15) is 0 Å². The largest absolute Gasteiger partial charge is 0.312 e. The topological polar surface area (TPSA) is 15.3 Å². The highest BCUT2D eigenvalue weighted by molar-refractivity contribution is 4.86. The highest BCUT2D eigenvalue weighted by Crippen LogP contribution is 2.25. The minimum atomic E-state index is 0.751. The van der Waals surface area contributed by atoms with Crippen LogP contribution in [0.4, 0.5) is 0 Å². The zero-order valence-corrected chi connectivity index (χ0v) is 13.3. The molecule has 2 nitrogen and oxygen atoms in total. The Bertz CT molecular complexity index is 248. The maximum atomic E-state index is 3.75. The Kier molecular flexibility index (Phi) is 6.15. The number of nitrogens with one attached hydrogen (secondary N) is 1. The molecule has 2 unspecified atom stereocenters. The average molecular weight is 266 g/mol. The molecule has 1 saturated carbocycles. The van der Waals surface area contributed by atoms with Crippen molar-refractivity contribution in [1.82, 2.24) is 10.2 Å². The van der Waals surface area contributed by atoms with Crippen LogP contribution in [0.3, 0.4) is 0 Å². The molecule has 19 heavy (non-hydrogen) atoms. The Labute approximate surface area is 120 Å². The molecule has 112 valence electrons. The summed E-state index contributed by atoms with van der Waals surface area (Å²) in [5.74, 6) is 1.77. The maximum absolute atomic E-state index is 3.75. The van der Waals surface area contributed by atoms with E-state index in [2.05, 4.69) is 31.0 Å². The minimum Gasteiger partial charge on any atom is -0.312 e.